The van der Waals surface area contributed by atoms with Crippen molar-refractivity contribution < 1.29 is 4.79 Å². The molecule has 0 radical (unpaired) electrons. The Bertz CT molecular complexity index is 266. The van der Waals surface area contributed by atoms with Gasteiger partial charge in [-0.2, -0.15) is 0 Å². The lowest BCUT2D eigenvalue weighted by Gasteiger charge is -2.49. The maximum Gasteiger partial charge on any atom is 0.320 e. The molecule has 2 saturated heterocycles. The summed E-state index contributed by atoms with van der Waals surface area (Å²) in [7, 11) is 0. The number of amides is 2. The number of nitrogens with two attached hydrogens (primary N) is 1. The molecule has 0 spiro atoms. The predicted molar refractivity (Wildman–Crippen MR) is 68.8 cm³/mol. The minimum Gasteiger partial charge on any atom is -0.325 e. The molecule has 2 fully saturated rings. The zero-order valence-electron chi connectivity index (χ0n) is 11.0. The summed E-state index contributed by atoms with van der Waals surface area (Å²) in [6.45, 7) is 5.50. The van der Waals surface area contributed by atoms with Crippen molar-refractivity contribution >= 4 is 6.03 Å². The van der Waals surface area contributed by atoms with Crippen LogP contribution in [0, 0.1) is 0 Å². The van der Waals surface area contributed by atoms with Crippen LogP contribution in [0.25, 0.3) is 0 Å². The molecule has 0 bridgehead atoms. The van der Waals surface area contributed by atoms with Crippen LogP contribution in [0.5, 0.6) is 0 Å². The second-order valence-corrected chi connectivity index (χ2v) is 5.65. The smallest absolute Gasteiger partial charge is 0.320 e. The van der Waals surface area contributed by atoms with Crippen LogP contribution >= 0.6 is 0 Å². The van der Waals surface area contributed by atoms with Gasteiger partial charge in [0.1, 0.15) is 0 Å². The zero-order valence-corrected chi connectivity index (χ0v) is 11.0. The van der Waals surface area contributed by atoms with E-state index in [1.165, 1.54) is 12.8 Å². The number of nitrogens with zero attached hydrogens (tertiary/aromatic N) is 2. The first-order valence-corrected chi connectivity index (χ1v) is 6.97. The first kappa shape index (κ1) is 12.7. The van der Waals surface area contributed by atoms with E-state index in [2.05, 4.69) is 6.92 Å². The highest BCUT2D eigenvalue weighted by Crippen LogP contribution is 2.25. The van der Waals surface area contributed by atoms with Gasteiger partial charge in [-0.05, 0) is 19.3 Å². The lowest BCUT2D eigenvalue weighted by Crippen LogP contribution is -2.70. The van der Waals surface area contributed by atoms with E-state index in [9.17, 15) is 4.79 Å². The Labute approximate surface area is 104 Å². The molecule has 2 rings (SSSR count). The van der Waals surface area contributed by atoms with Gasteiger partial charge in [-0.15, -0.1) is 0 Å². The third kappa shape index (κ3) is 2.92. The molecule has 0 saturated carbocycles. The first-order chi connectivity index (χ1) is 8.14. The van der Waals surface area contributed by atoms with Crippen LogP contribution in [-0.2, 0) is 0 Å². The van der Waals surface area contributed by atoms with E-state index < -0.39 is 0 Å². The summed E-state index contributed by atoms with van der Waals surface area (Å²) in [5.74, 6) is 0. The van der Waals surface area contributed by atoms with Gasteiger partial charge < -0.3 is 15.5 Å². The predicted octanol–water partition coefficient (Wildman–Crippen LogP) is 1.80. The van der Waals surface area contributed by atoms with E-state index in [4.69, 9.17) is 5.73 Å². The molecular weight excluding hydrogens is 214 g/mol. The Morgan fingerprint density at radius 1 is 1.12 bits per heavy atom. The normalized spacial score (nSPS) is 24.1. The van der Waals surface area contributed by atoms with E-state index in [1.807, 2.05) is 9.80 Å². The highest BCUT2D eigenvalue weighted by atomic mass is 16.2. The van der Waals surface area contributed by atoms with Crippen molar-refractivity contribution in [1.29, 1.82) is 0 Å². The van der Waals surface area contributed by atoms with E-state index >= 15 is 0 Å². The number of rotatable bonds is 2. The van der Waals surface area contributed by atoms with Crippen LogP contribution in [0.4, 0.5) is 4.79 Å². The highest BCUT2D eigenvalue weighted by molar-refractivity contribution is 5.75. The molecule has 2 heterocycles. The summed E-state index contributed by atoms with van der Waals surface area (Å²) in [5.41, 5.74) is 6.09. The fourth-order valence-corrected chi connectivity index (χ4v) is 2.97. The number of carbonyl (C=O) groups is 1. The average Bonchev–Trinajstić information content (AvgIpc) is 2.53. The maximum absolute atomic E-state index is 12.2. The molecular formula is C13H25N3O. The second kappa shape index (κ2) is 5.25. The Hall–Kier alpha value is -0.770. The topological polar surface area (TPSA) is 49.6 Å². The fraction of sp³-hybridized carbons (Fsp3) is 0.923. The van der Waals surface area contributed by atoms with Crippen LogP contribution in [0.3, 0.4) is 0 Å². The number of carbonyl (C=O) groups excluding carboxylic acids is 1. The van der Waals surface area contributed by atoms with Crippen molar-refractivity contribution in [3.63, 3.8) is 0 Å². The molecule has 4 nitrogen and oxygen atoms in total. The van der Waals surface area contributed by atoms with E-state index in [1.54, 1.807) is 0 Å². The van der Waals surface area contributed by atoms with E-state index in [0.29, 0.717) is 0 Å². The van der Waals surface area contributed by atoms with Gasteiger partial charge in [0.05, 0.1) is 5.54 Å². The van der Waals surface area contributed by atoms with Gasteiger partial charge in [-0.25, -0.2) is 4.79 Å². The molecule has 2 aliphatic heterocycles. The standard InChI is InChI=1S/C13H25N3O/c1-2-7-13(14)10-16(11-13)12(17)15-8-5-3-4-6-9-15/h2-11,14H2,1H3. The van der Waals surface area contributed by atoms with Crippen LogP contribution in [0.1, 0.15) is 45.4 Å². The largest absolute Gasteiger partial charge is 0.325 e. The van der Waals surface area contributed by atoms with Crippen LogP contribution in [0.2, 0.25) is 0 Å². The van der Waals surface area contributed by atoms with Crippen molar-refractivity contribution in [1.82, 2.24) is 9.80 Å². The van der Waals surface area contributed by atoms with Crippen molar-refractivity contribution in [2.75, 3.05) is 26.2 Å². The molecule has 0 atom stereocenters. The molecule has 2 aliphatic rings. The third-order valence-electron chi connectivity index (χ3n) is 3.91. The molecule has 0 unspecified atom stereocenters. The van der Waals surface area contributed by atoms with Gasteiger partial charge in [0.25, 0.3) is 0 Å². The average molecular weight is 239 g/mol. The Morgan fingerprint density at radius 2 is 1.71 bits per heavy atom. The Balaban J connectivity index is 1.81. The number of hydrogen-bond donors (Lipinski definition) is 1. The molecule has 4 heteroatoms. The zero-order chi connectivity index (χ0) is 12.3. The van der Waals surface area contributed by atoms with Crippen molar-refractivity contribution in [3.05, 3.63) is 0 Å². The minimum atomic E-state index is -0.101. The van der Waals surface area contributed by atoms with Crippen LogP contribution in [0.15, 0.2) is 0 Å². The molecule has 0 aromatic carbocycles. The summed E-state index contributed by atoms with van der Waals surface area (Å²) in [6.07, 6.45) is 6.96. The van der Waals surface area contributed by atoms with Crippen LogP contribution in [-0.4, -0.2) is 47.5 Å². The van der Waals surface area contributed by atoms with Crippen LogP contribution < -0.4 is 5.73 Å². The maximum atomic E-state index is 12.2. The summed E-state index contributed by atoms with van der Waals surface area (Å²) in [4.78, 5) is 16.2. The summed E-state index contributed by atoms with van der Waals surface area (Å²) in [5, 5.41) is 0. The number of urea groups is 1. The second-order valence-electron chi connectivity index (χ2n) is 5.65. The quantitative estimate of drug-likeness (QED) is 0.798. The molecule has 0 aromatic heterocycles. The lowest BCUT2D eigenvalue weighted by atomic mass is 9.87. The molecule has 0 aliphatic carbocycles. The fourth-order valence-electron chi connectivity index (χ4n) is 2.97. The van der Waals surface area contributed by atoms with Gasteiger partial charge in [0, 0.05) is 26.2 Å². The lowest BCUT2D eigenvalue weighted by molar-refractivity contribution is 0.0673. The van der Waals surface area contributed by atoms with Gasteiger partial charge >= 0.3 is 6.03 Å². The SMILES string of the molecule is CCCC1(N)CN(C(=O)N2CCCCCC2)C1. The van der Waals surface area contributed by atoms with Gasteiger partial charge in [0.15, 0.2) is 0 Å². The molecule has 0 aromatic rings. The van der Waals surface area contributed by atoms with Crippen molar-refractivity contribution in [2.45, 2.75) is 51.0 Å². The number of hydrogen-bond acceptors (Lipinski definition) is 2. The summed E-state index contributed by atoms with van der Waals surface area (Å²) < 4.78 is 0. The minimum absolute atomic E-state index is 0.101. The van der Waals surface area contributed by atoms with Crippen molar-refractivity contribution in [2.24, 2.45) is 5.73 Å². The molecule has 2 N–H and O–H groups in total. The van der Waals surface area contributed by atoms with E-state index in [0.717, 1.165) is 51.9 Å². The third-order valence-corrected chi connectivity index (χ3v) is 3.91. The van der Waals surface area contributed by atoms with Gasteiger partial charge in [-0.3, -0.25) is 0 Å². The summed E-state index contributed by atoms with van der Waals surface area (Å²) in [6, 6.07) is 0.212. The first-order valence-electron chi connectivity index (χ1n) is 6.97. The highest BCUT2D eigenvalue weighted by Gasteiger charge is 2.42. The number of likely N-dealkylation sites (tertiary alicyclic amines) is 2. The van der Waals surface area contributed by atoms with E-state index in [-0.39, 0.29) is 11.6 Å². The Kier molecular flexibility index (Phi) is 3.92. The summed E-state index contributed by atoms with van der Waals surface area (Å²) >= 11 is 0. The Morgan fingerprint density at radius 3 is 2.24 bits per heavy atom. The molecule has 98 valence electrons. The molecule has 2 amide bonds. The van der Waals surface area contributed by atoms with Crippen molar-refractivity contribution in [3.8, 4) is 0 Å². The van der Waals surface area contributed by atoms with Gasteiger partial charge in [0.2, 0.25) is 0 Å². The van der Waals surface area contributed by atoms with Gasteiger partial charge in [-0.1, -0.05) is 26.2 Å². The monoisotopic (exact) mass is 239 g/mol. The molecule has 17 heavy (non-hydrogen) atoms.